The Kier molecular flexibility index (Phi) is 4.35. The fourth-order valence-electron chi connectivity index (χ4n) is 2.72. The largest absolute Gasteiger partial charge is 0.299 e. The number of benzene rings is 2. The summed E-state index contributed by atoms with van der Waals surface area (Å²) in [6.45, 7) is 1.92. The summed E-state index contributed by atoms with van der Waals surface area (Å²) in [5.41, 5.74) is 1.69. The molecule has 2 aromatic rings. The van der Waals surface area contributed by atoms with Crippen LogP contribution in [0.25, 0.3) is 0 Å². The maximum atomic E-state index is 13.1. The third kappa shape index (κ3) is 3.53. The van der Waals surface area contributed by atoms with E-state index in [0.29, 0.717) is 5.56 Å². The minimum atomic E-state index is -3.59. The molecule has 0 heterocycles. The Labute approximate surface area is 137 Å². The highest BCUT2D eigenvalue weighted by Crippen LogP contribution is 2.37. The van der Waals surface area contributed by atoms with Crippen molar-refractivity contribution in [1.82, 2.24) is 0 Å². The molecular formula is C19H20O3S. The third-order valence-electron chi connectivity index (χ3n) is 4.31. The maximum Gasteiger partial charge on any atom is 0.185 e. The second-order valence-electron chi connectivity index (χ2n) is 6.20. The van der Waals surface area contributed by atoms with Crippen LogP contribution in [-0.2, 0) is 14.6 Å². The molecule has 0 bridgehead atoms. The van der Waals surface area contributed by atoms with E-state index >= 15 is 0 Å². The van der Waals surface area contributed by atoms with Crippen molar-refractivity contribution in [1.29, 1.82) is 0 Å². The highest BCUT2D eigenvalue weighted by Gasteiger charge is 2.36. The van der Waals surface area contributed by atoms with E-state index in [-0.39, 0.29) is 23.0 Å². The fraction of sp³-hybridized carbons (Fsp3) is 0.316. The Morgan fingerprint density at radius 3 is 2.22 bits per heavy atom. The Balaban J connectivity index is 1.99. The van der Waals surface area contributed by atoms with Crippen molar-refractivity contribution in [3.63, 3.8) is 0 Å². The van der Waals surface area contributed by atoms with Gasteiger partial charge in [0.2, 0.25) is 0 Å². The molecule has 0 N–H and O–H groups in total. The number of carbonyl (C=O) groups is 1. The first-order valence-corrected chi connectivity index (χ1v) is 9.41. The van der Waals surface area contributed by atoms with Gasteiger partial charge in [-0.25, -0.2) is 8.42 Å². The molecule has 1 aliphatic carbocycles. The van der Waals surface area contributed by atoms with E-state index in [1.807, 2.05) is 25.1 Å². The predicted molar refractivity (Wildman–Crippen MR) is 89.9 cm³/mol. The van der Waals surface area contributed by atoms with Crippen molar-refractivity contribution in [3.8, 4) is 0 Å². The quantitative estimate of drug-likeness (QED) is 0.808. The van der Waals surface area contributed by atoms with Gasteiger partial charge in [0.15, 0.2) is 9.84 Å². The van der Waals surface area contributed by atoms with Gasteiger partial charge in [-0.1, -0.05) is 48.0 Å². The molecule has 1 aliphatic rings. The molecule has 2 aromatic carbocycles. The molecule has 23 heavy (non-hydrogen) atoms. The second-order valence-corrected chi connectivity index (χ2v) is 8.33. The van der Waals surface area contributed by atoms with Crippen LogP contribution in [-0.4, -0.2) is 14.2 Å². The molecule has 3 rings (SSSR count). The fourth-order valence-corrected chi connectivity index (χ4v) is 4.46. The van der Waals surface area contributed by atoms with E-state index in [1.165, 1.54) is 0 Å². The summed E-state index contributed by atoms with van der Waals surface area (Å²) in [5, 5.41) is -0.806. The highest BCUT2D eigenvalue weighted by atomic mass is 32.2. The van der Waals surface area contributed by atoms with Gasteiger partial charge in [0, 0.05) is 12.3 Å². The van der Waals surface area contributed by atoms with Gasteiger partial charge in [0.05, 0.1) is 10.1 Å². The molecule has 120 valence electrons. The van der Waals surface area contributed by atoms with Crippen molar-refractivity contribution >= 4 is 15.6 Å². The minimum absolute atomic E-state index is 0.0604. The SMILES string of the molecule is Cc1ccc(S(=O)(=O)C(CC(=O)C2CC2)c2ccccc2)cc1. The van der Waals surface area contributed by atoms with E-state index in [9.17, 15) is 13.2 Å². The molecule has 1 unspecified atom stereocenters. The standard InChI is InChI=1S/C19H20O3S/c1-14-7-11-17(12-8-14)23(21,22)19(13-18(20)15-9-10-15)16-5-3-2-4-6-16/h2-8,11-12,15,19H,9-10,13H2,1H3. The molecule has 3 nitrogen and oxygen atoms in total. The summed E-state index contributed by atoms with van der Waals surface area (Å²) in [6.07, 6.45) is 1.85. The number of rotatable bonds is 6. The van der Waals surface area contributed by atoms with Gasteiger partial charge >= 0.3 is 0 Å². The lowest BCUT2D eigenvalue weighted by atomic mass is 10.1. The van der Waals surface area contributed by atoms with Crippen LogP contribution in [0.4, 0.5) is 0 Å². The molecule has 0 spiro atoms. The van der Waals surface area contributed by atoms with Crippen LogP contribution in [0.15, 0.2) is 59.5 Å². The molecule has 0 saturated heterocycles. The molecule has 1 saturated carbocycles. The lowest BCUT2D eigenvalue weighted by molar-refractivity contribution is -0.120. The summed E-state index contributed by atoms with van der Waals surface area (Å²) in [5.74, 6) is 0.129. The summed E-state index contributed by atoms with van der Waals surface area (Å²) in [4.78, 5) is 12.5. The third-order valence-corrected chi connectivity index (χ3v) is 6.43. The molecule has 4 heteroatoms. The number of hydrogen-bond acceptors (Lipinski definition) is 3. The molecule has 0 aliphatic heterocycles. The van der Waals surface area contributed by atoms with Crippen molar-refractivity contribution in [2.45, 2.75) is 36.3 Å². The van der Waals surface area contributed by atoms with Crippen LogP contribution in [0.5, 0.6) is 0 Å². The van der Waals surface area contributed by atoms with E-state index in [4.69, 9.17) is 0 Å². The number of carbonyl (C=O) groups excluding carboxylic acids is 1. The number of Topliss-reactive ketones (excluding diaryl/α,β-unsaturated/α-hetero) is 1. The van der Waals surface area contributed by atoms with Crippen LogP contribution in [0, 0.1) is 12.8 Å². The van der Waals surface area contributed by atoms with Crippen molar-refractivity contribution < 1.29 is 13.2 Å². The Morgan fingerprint density at radius 1 is 1.04 bits per heavy atom. The zero-order chi connectivity index (χ0) is 16.4. The molecule has 1 fully saturated rings. The van der Waals surface area contributed by atoms with E-state index in [0.717, 1.165) is 18.4 Å². The van der Waals surface area contributed by atoms with Crippen molar-refractivity contribution in [2.75, 3.05) is 0 Å². The van der Waals surface area contributed by atoms with Gasteiger partial charge in [-0.05, 0) is 37.5 Å². The Hall–Kier alpha value is -1.94. The first kappa shape index (κ1) is 15.9. The smallest absolute Gasteiger partial charge is 0.185 e. The number of ketones is 1. The lowest BCUT2D eigenvalue weighted by Gasteiger charge is -2.18. The van der Waals surface area contributed by atoms with E-state index in [1.54, 1.807) is 36.4 Å². The van der Waals surface area contributed by atoms with Crippen molar-refractivity contribution in [3.05, 3.63) is 65.7 Å². The van der Waals surface area contributed by atoms with Gasteiger partial charge in [0.1, 0.15) is 5.78 Å². The Bertz CT molecular complexity index is 788. The average Bonchev–Trinajstić information content (AvgIpc) is 3.38. The number of aryl methyl sites for hydroxylation is 1. The zero-order valence-electron chi connectivity index (χ0n) is 13.1. The van der Waals surface area contributed by atoms with Crippen LogP contribution >= 0.6 is 0 Å². The Morgan fingerprint density at radius 2 is 1.65 bits per heavy atom. The van der Waals surface area contributed by atoms with Crippen LogP contribution in [0.2, 0.25) is 0 Å². The lowest BCUT2D eigenvalue weighted by Crippen LogP contribution is -2.18. The van der Waals surface area contributed by atoms with Crippen molar-refractivity contribution in [2.24, 2.45) is 5.92 Å². The summed E-state index contributed by atoms with van der Waals surface area (Å²) in [6, 6.07) is 15.9. The summed E-state index contributed by atoms with van der Waals surface area (Å²) < 4.78 is 26.1. The predicted octanol–water partition coefficient (Wildman–Crippen LogP) is 3.88. The zero-order valence-corrected chi connectivity index (χ0v) is 13.9. The topological polar surface area (TPSA) is 51.2 Å². The van der Waals surface area contributed by atoms with Gasteiger partial charge in [0.25, 0.3) is 0 Å². The van der Waals surface area contributed by atoms with E-state index in [2.05, 4.69) is 0 Å². The van der Waals surface area contributed by atoms with Gasteiger partial charge in [-0.3, -0.25) is 4.79 Å². The summed E-state index contributed by atoms with van der Waals surface area (Å²) in [7, 11) is -3.59. The monoisotopic (exact) mass is 328 g/mol. The van der Waals surface area contributed by atoms with E-state index < -0.39 is 15.1 Å². The molecular weight excluding hydrogens is 308 g/mol. The van der Waals surface area contributed by atoms with Gasteiger partial charge in [-0.2, -0.15) is 0 Å². The second kappa shape index (κ2) is 6.28. The van der Waals surface area contributed by atoms with Gasteiger partial charge < -0.3 is 0 Å². The van der Waals surface area contributed by atoms with Crippen LogP contribution < -0.4 is 0 Å². The normalized spacial score (nSPS) is 16.0. The molecule has 1 atom stereocenters. The highest BCUT2D eigenvalue weighted by molar-refractivity contribution is 7.91. The molecule has 0 aromatic heterocycles. The molecule has 0 radical (unpaired) electrons. The first-order chi connectivity index (χ1) is 11.0. The number of hydrogen-bond donors (Lipinski definition) is 0. The van der Waals surface area contributed by atoms with Crippen LogP contribution in [0.1, 0.15) is 35.6 Å². The first-order valence-electron chi connectivity index (χ1n) is 7.86. The van der Waals surface area contributed by atoms with Crippen LogP contribution in [0.3, 0.4) is 0 Å². The number of sulfone groups is 1. The molecule has 0 amide bonds. The minimum Gasteiger partial charge on any atom is -0.299 e. The summed E-state index contributed by atoms with van der Waals surface area (Å²) >= 11 is 0. The maximum absolute atomic E-state index is 13.1. The average molecular weight is 328 g/mol. The van der Waals surface area contributed by atoms with Gasteiger partial charge in [-0.15, -0.1) is 0 Å².